The first-order valence-electron chi connectivity index (χ1n) is 5.19. The first kappa shape index (κ1) is 12.4. The Morgan fingerprint density at radius 1 is 1.39 bits per heavy atom. The fourth-order valence-corrected chi connectivity index (χ4v) is 1.53. The number of anilines is 2. The summed E-state index contributed by atoms with van der Waals surface area (Å²) in [6.07, 6.45) is 0. The molecular formula is C11H11ClN4O2. The van der Waals surface area contributed by atoms with E-state index >= 15 is 0 Å². The summed E-state index contributed by atoms with van der Waals surface area (Å²) in [6.45, 7) is 1.73. The second kappa shape index (κ2) is 5.05. The van der Waals surface area contributed by atoms with Crippen LogP contribution in [-0.2, 0) is 0 Å². The highest BCUT2D eigenvalue weighted by molar-refractivity contribution is 6.34. The zero-order valence-electron chi connectivity index (χ0n) is 9.82. The van der Waals surface area contributed by atoms with Crippen molar-refractivity contribution in [2.45, 2.75) is 6.92 Å². The molecule has 94 valence electrons. The predicted molar refractivity (Wildman–Crippen MR) is 68.0 cm³/mol. The van der Waals surface area contributed by atoms with Crippen molar-refractivity contribution in [1.82, 2.24) is 10.1 Å². The van der Waals surface area contributed by atoms with Gasteiger partial charge in [-0.2, -0.15) is 0 Å². The number of amides is 1. The number of halogens is 1. The van der Waals surface area contributed by atoms with Crippen molar-refractivity contribution < 1.29 is 9.32 Å². The van der Waals surface area contributed by atoms with E-state index in [1.54, 1.807) is 32.2 Å². The number of aromatic nitrogens is 2. The lowest BCUT2D eigenvalue weighted by molar-refractivity contribution is 0.102. The molecule has 2 rings (SSSR count). The van der Waals surface area contributed by atoms with Crippen LogP contribution in [0.5, 0.6) is 0 Å². The normalized spacial score (nSPS) is 10.2. The standard InChI is InChI=1S/C11H11ClN4O2/c1-6-5-9(16-18-6)15-11(17)10-7(12)3-4-8(13-2)14-10/h3-5H,1-2H3,(H,13,14)(H,15,16,17). The third-order valence-corrected chi connectivity index (χ3v) is 2.49. The summed E-state index contributed by atoms with van der Waals surface area (Å²) in [6, 6.07) is 4.89. The van der Waals surface area contributed by atoms with Crippen LogP contribution in [0.4, 0.5) is 11.6 Å². The van der Waals surface area contributed by atoms with Crippen LogP contribution in [0.25, 0.3) is 0 Å². The molecule has 0 saturated carbocycles. The number of aryl methyl sites for hydroxylation is 1. The number of hydrogen-bond acceptors (Lipinski definition) is 5. The van der Waals surface area contributed by atoms with Crippen LogP contribution in [-0.4, -0.2) is 23.1 Å². The van der Waals surface area contributed by atoms with Gasteiger partial charge in [-0.3, -0.25) is 4.79 Å². The van der Waals surface area contributed by atoms with Gasteiger partial charge in [-0.15, -0.1) is 0 Å². The van der Waals surface area contributed by atoms with Crippen molar-refractivity contribution in [2.24, 2.45) is 0 Å². The number of nitrogens with zero attached hydrogens (tertiary/aromatic N) is 2. The third kappa shape index (κ3) is 2.60. The summed E-state index contributed by atoms with van der Waals surface area (Å²) in [5.41, 5.74) is 0.129. The Labute approximate surface area is 108 Å². The van der Waals surface area contributed by atoms with Gasteiger partial charge in [-0.25, -0.2) is 4.98 Å². The van der Waals surface area contributed by atoms with Crippen LogP contribution >= 0.6 is 11.6 Å². The number of hydrogen-bond donors (Lipinski definition) is 2. The van der Waals surface area contributed by atoms with Crippen LogP contribution in [0.1, 0.15) is 16.2 Å². The first-order valence-corrected chi connectivity index (χ1v) is 5.57. The minimum atomic E-state index is -0.439. The predicted octanol–water partition coefficient (Wildman–Crippen LogP) is 2.33. The molecule has 0 unspecified atom stereocenters. The molecule has 0 aliphatic heterocycles. The monoisotopic (exact) mass is 266 g/mol. The third-order valence-electron chi connectivity index (χ3n) is 2.19. The summed E-state index contributed by atoms with van der Waals surface area (Å²) in [5, 5.41) is 9.32. The van der Waals surface area contributed by atoms with Crippen molar-refractivity contribution in [2.75, 3.05) is 17.7 Å². The molecule has 2 N–H and O–H groups in total. The highest BCUT2D eigenvalue weighted by atomic mass is 35.5. The first-order chi connectivity index (χ1) is 8.60. The Bertz CT molecular complexity index is 582. The maximum absolute atomic E-state index is 11.9. The van der Waals surface area contributed by atoms with Crippen molar-refractivity contribution in [3.63, 3.8) is 0 Å². The van der Waals surface area contributed by atoms with Crippen LogP contribution in [0.2, 0.25) is 5.02 Å². The second-order valence-corrected chi connectivity index (χ2v) is 3.96. The number of carbonyl (C=O) groups is 1. The summed E-state index contributed by atoms with van der Waals surface area (Å²) < 4.78 is 4.85. The van der Waals surface area contributed by atoms with E-state index in [9.17, 15) is 4.79 Å². The lowest BCUT2D eigenvalue weighted by Gasteiger charge is -2.05. The average molecular weight is 267 g/mol. The Hall–Kier alpha value is -2.08. The molecule has 0 bridgehead atoms. The molecule has 0 aliphatic rings. The van der Waals surface area contributed by atoms with E-state index in [1.165, 1.54) is 0 Å². The highest BCUT2D eigenvalue weighted by Crippen LogP contribution is 2.18. The minimum Gasteiger partial charge on any atom is -0.373 e. The van der Waals surface area contributed by atoms with Gasteiger partial charge in [-0.05, 0) is 19.1 Å². The van der Waals surface area contributed by atoms with E-state index in [0.717, 1.165) is 0 Å². The Morgan fingerprint density at radius 3 is 2.78 bits per heavy atom. The largest absolute Gasteiger partial charge is 0.373 e. The van der Waals surface area contributed by atoms with Crippen molar-refractivity contribution in [3.8, 4) is 0 Å². The molecule has 0 fully saturated rings. The van der Waals surface area contributed by atoms with Crippen LogP contribution < -0.4 is 10.6 Å². The van der Waals surface area contributed by atoms with Gasteiger partial charge in [0.25, 0.3) is 5.91 Å². The van der Waals surface area contributed by atoms with Crippen molar-refractivity contribution in [3.05, 3.63) is 34.7 Å². The molecule has 0 aliphatic carbocycles. The molecule has 2 aromatic heterocycles. The quantitative estimate of drug-likeness (QED) is 0.891. The molecule has 1 amide bonds. The molecule has 2 heterocycles. The van der Waals surface area contributed by atoms with Crippen molar-refractivity contribution in [1.29, 1.82) is 0 Å². The maximum Gasteiger partial charge on any atom is 0.277 e. The fourth-order valence-electron chi connectivity index (χ4n) is 1.34. The van der Waals surface area contributed by atoms with E-state index in [4.69, 9.17) is 16.1 Å². The SMILES string of the molecule is CNc1ccc(Cl)c(C(=O)Nc2cc(C)on2)n1. The fraction of sp³-hybridized carbons (Fsp3) is 0.182. The van der Waals surface area contributed by atoms with Gasteiger partial charge in [0.05, 0.1) is 5.02 Å². The van der Waals surface area contributed by atoms with Crippen LogP contribution in [0, 0.1) is 6.92 Å². The molecule has 6 nitrogen and oxygen atoms in total. The molecule has 0 aromatic carbocycles. The topological polar surface area (TPSA) is 80.0 Å². The molecule has 2 aromatic rings. The number of carbonyl (C=O) groups excluding carboxylic acids is 1. The molecular weight excluding hydrogens is 256 g/mol. The maximum atomic E-state index is 11.9. The average Bonchev–Trinajstić information content (AvgIpc) is 2.75. The van der Waals surface area contributed by atoms with Crippen LogP contribution in [0.3, 0.4) is 0 Å². The van der Waals surface area contributed by atoms with Gasteiger partial charge in [0.2, 0.25) is 0 Å². The summed E-state index contributed by atoms with van der Waals surface area (Å²) in [7, 11) is 1.71. The molecule has 0 radical (unpaired) electrons. The van der Waals surface area contributed by atoms with E-state index in [2.05, 4.69) is 20.8 Å². The van der Waals surface area contributed by atoms with Crippen molar-refractivity contribution >= 4 is 29.1 Å². The minimum absolute atomic E-state index is 0.129. The van der Waals surface area contributed by atoms with Gasteiger partial charge in [0, 0.05) is 13.1 Å². The van der Waals surface area contributed by atoms with E-state index < -0.39 is 5.91 Å². The molecule has 0 atom stereocenters. The summed E-state index contributed by atoms with van der Waals surface area (Å²) in [4.78, 5) is 16.0. The van der Waals surface area contributed by atoms with Gasteiger partial charge >= 0.3 is 0 Å². The second-order valence-electron chi connectivity index (χ2n) is 3.55. The Kier molecular flexibility index (Phi) is 3.47. The van der Waals surface area contributed by atoms with E-state index in [-0.39, 0.29) is 10.7 Å². The van der Waals surface area contributed by atoms with Gasteiger partial charge in [-0.1, -0.05) is 16.8 Å². The zero-order chi connectivity index (χ0) is 13.1. The Balaban J connectivity index is 2.23. The molecule has 0 spiro atoms. The Morgan fingerprint density at radius 2 is 2.17 bits per heavy atom. The lowest BCUT2D eigenvalue weighted by Crippen LogP contribution is -2.15. The lowest BCUT2D eigenvalue weighted by atomic mass is 10.3. The molecule has 18 heavy (non-hydrogen) atoms. The van der Waals surface area contributed by atoms with Gasteiger partial charge in [0.1, 0.15) is 17.3 Å². The van der Waals surface area contributed by atoms with Gasteiger partial charge < -0.3 is 15.2 Å². The number of rotatable bonds is 3. The smallest absolute Gasteiger partial charge is 0.277 e. The zero-order valence-corrected chi connectivity index (χ0v) is 10.6. The van der Waals surface area contributed by atoms with E-state index in [0.29, 0.717) is 17.4 Å². The van der Waals surface area contributed by atoms with E-state index in [1.807, 2.05) is 0 Å². The number of pyridine rings is 1. The summed E-state index contributed by atoms with van der Waals surface area (Å²) >= 11 is 5.92. The number of nitrogens with one attached hydrogen (secondary N) is 2. The molecule has 0 saturated heterocycles. The highest BCUT2D eigenvalue weighted by Gasteiger charge is 2.14. The van der Waals surface area contributed by atoms with Gasteiger partial charge in [0.15, 0.2) is 5.82 Å². The molecule has 7 heteroatoms. The van der Waals surface area contributed by atoms with Crippen LogP contribution in [0.15, 0.2) is 22.7 Å². The summed E-state index contributed by atoms with van der Waals surface area (Å²) in [5.74, 6) is 1.05.